The van der Waals surface area contributed by atoms with E-state index in [9.17, 15) is 5.11 Å². The van der Waals surface area contributed by atoms with Crippen LogP contribution in [0.1, 0.15) is 52.9 Å². The molecule has 1 heteroatoms. The molecule has 1 saturated carbocycles. The lowest BCUT2D eigenvalue weighted by Crippen LogP contribution is -2.32. The maximum absolute atomic E-state index is 9.64. The van der Waals surface area contributed by atoms with Gasteiger partial charge in [-0.15, -0.1) is 12.3 Å². The second kappa shape index (κ2) is 6.05. The molecule has 0 saturated heterocycles. The van der Waals surface area contributed by atoms with Crippen LogP contribution in [0.5, 0.6) is 0 Å². The summed E-state index contributed by atoms with van der Waals surface area (Å²) in [4.78, 5) is 0. The molecule has 0 unspecified atom stereocenters. The van der Waals surface area contributed by atoms with E-state index in [0.29, 0.717) is 5.92 Å². The van der Waals surface area contributed by atoms with Crippen LogP contribution in [0.3, 0.4) is 0 Å². The zero-order valence-corrected chi connectivity index (χ0v) is 9.14. The summed E-state index contributed by atoms with van der Waals surface area (Å²) in [6.07, 6.45) is 11.0. The molecule has 0 radical (unpaired) electrons. The van der Waals surface area contributed by atoms with Crippen LogP contribution in [0, 0.1) is 18.3 Å². The number of hydrogen-bond acceptors (Lipinski definition) is 1. The summed E-state index contributed by atoms with van der Waals surface area (Å²) in [5, 5.41) is 9.64. The third-order valence-corrected chi connectivity index (χ3v) is 2.60. The average Bonchev–Trinajstić information content (AvgIpc) is 2.06. The molecule has 0 aromatic rings. The SMILES string of the molecule is C#CC.CC(C)(O)C1CCCCC1. The zero-order valence-electron chi connectivity index (χ0n) is 9.14. The van der Waals surface area contributed by atoms with Gasteiger partial charge in [-0.3, -0.25) is 0 Å². The van der Waals surface area contributed by atoms with E-state index in [0.717, 1.165) is 0 Å². The first-order valence-electron chi connectivity index (χ1n) is 5.12. The maximum atomic E-state index is 9.64. The topological polar surface area (TPSA) is 20.2 Å². The van der Waals surface area contributed by atoms with E-state index in [1.165, 1.54) is 32.1 Å². The lowest BCUT2D eigenvalue weighted by atomic mass is 9.79. The lowest BCUT2D eigenvalue weighted by Gasteiger charge is -2.32. The van der Waals surface area contributed by atoms with Crippen LogP contribution in [0.4, 0.5) is 0 Å². The fraction of sp³-hybridized carbons (Fsp3) is 0.833. The van der Waals surface area contributed by atoms with Crippen LogP contribution in [-0.2, 0) is 0 Å². The molecule has 0 heterocycles. The van der Waals surface area contributed by atoms with Gasteiger partial charge in [0, 0.05) is 0 Å². The second-order valence-corrected chi connectivity index (χ2v) is 4.28. The maximum Gasteiger partial charge on any atom is 0.0619 e. The molecule has 0 aliphatic heterocycles. The zero-order chi connectivity index (χ0) is 10.3. The van der Waals surface area contributed by atoms with Crippen LogP contribution < -0.4 is 0 Å². The van der Waals surface area contributed by atoms with Gasteiger partial charge in [0.25, 0.3) is 0 Å². The van der Waals surface area contributed by atoms with Crippen molar-refractivity contribution >= 4 is 0 Å². The van der Waals surface area contributed by atoms with Crippen molar-refractivity contribution in [3.8, 4) is 12.3 Å². The van der Waals surface area contributed by atoms with Gasteiger partial charge in [-0.2, -0.15) is 0 Å². The molecule has 0 bridgehead atoms. The Bertz CT molecular complexity index is 153. The standard InChI is InChI=1S/C9H18O.C3H4/c1-9(2,10)8-6-4-3-5-7-8;1-3-2/h8,10H,3-7H2,1-2H3;1H,2H3. The Morgan fingerprint density at radius 1 is 1.23 bits per heavy atom. The molecule has 1 nitrogen and oxygen atoms in total. The first kappa shape index (κ1) is 12.5. The van der Waals surface area contributed by atoms with Crippen molar-refractivity contribution < 1.29 is 5.11 Å². The molecule has 0 spiro atoms. The first-order valence-corrected chi connectivity index (χ1v) is 5.12. The Morgan fingerprint density at radius 3 is 1.85 bits per heavy atom. The van der Waals surface area contributed by atoms with Gasteiger partial charge in [0.1, 0.15) is 0 Å². The van der Waals surface area contributed by atoms with Crippen molar-refractivity contribution in [3.63, 3.8) is 0 Å². The van der Waals surface area contributed by atoms with Crippen molar-refractivity contribution in [2.24, 2.45) is 5.92 Å². The van der Waals surface area contributed by atoms with Crippen LogP contribution in [0.2, 0.25) is 0 Å². The average molecular weight is 182 g/mol. The van der Waals surface area contributed by atoms with Crippen LogP contribution in [0.15, 0.2) is 0 Å². The highest BCUT2D eigenvalue weighted by Crippen LogP contribution is 2.31. The highest BCUT2D eigenvalue weighted by atomic mass is 16.3. The van der Waals surface area contributed by atoms with Crippen LogP contribution in [-0.4, -0.2) is 10.7 Å². The van der Waals surface area contributed by atoms with Crippen molar-refractivity contribution in [2.75, 3.05) is 0 Å². The van der Waals surface area contributed by atoms with Crippen LogP contribution >= 0.6 is 0 Å². The molecular weight excluding hydrogens is 160 g/mol. The summed E-state index contributed by atoms with van der Waals surface area (Å²) in [6.45, 7) is 5.52. The van der Waals surface area contributed by atoms with Gasteiger partial charge in [0.15, 0.2) is 0 Å². The lowest BCUT2D eigenvalue weighted by molar-refractivity contribution is 0.000835. The minimum Gasteiger partial charge on any atom is -0.390 e. The summed E-state index contributed by atoms with van der Waals surface area (Å²) in [5.41, 5.74) is -0.430. The van der Waals surface area contributed by atoms with Gasteiger partial charge in [-0.25, -0.2) is 0 Å². The van der Waals surface area contributed by atoms with Crippen LogP contribution in [0.25, 0.3) is 0 Å². The Labute approximate surface area is 82.5 Å². The smallest absolute Gasteiger partial charge is 0.0619 e. The molecule has 0 aromatic carbocycles. The predicted molar refractivity (Wildman–Crippen MR) is 57.4 cm³/mol. The van der Waals surface area contributed by atoms with E-state index in [2.05, 4.69) is 12.3 Å². The summed E-state index contributed by atoms with van der Waals surface area (Å²) in [5.74, 6) is 2.81. The van der Waals surface area contributed by atoms with Gasteiger partial charge in [-0.1, -0.05) is 19.3 Å². The molecule has 13 heavy (non-hydrogen) atoms. The molecular formula is C12H22O. The van der Waals surface area contributed by atoms with Crippen molar-refractivity contribution in [3.05, 3.63) is 0 Å². The third-order valence-electron chi connectivity index (χ3n) is 2.60. The summed E-state index contributed by atoms with van der Waals surface area (Å²) >= 11 is 0. The molecule has 0 atom stereocenters. The van der Waals surface area contributed by atoms with Crippen molar-refractivity contribution in [1.82, 2.24) is 0 Å². The Kier molecular flexibility index (Phi) is 5.82. The summed E-state index contributed by atoms with van der Waals surface area (Å²) in [7, 11) is 0. The van der Waals surface area contributed by atoms with E-state index >= 15 is 0 Å². The number of terminal acetylenes is 1. The molecule has 1 aliphatic carbocycles. The third kappa shape index (κ3) is 5.71. The van der Waals surface area contributed by atoms with E-state index in [4.69, 9.17) is 0 Å². The van der Waals surface area contributed by atoms with Crippen molar-refractivity contribution in [2.45, 2.75) is 58.5 Å². The highest BCUT2D eigenvalue weighted by molar-refractivity contribution is 4.79. The fourth-order valence-electron chi connectivity index (χ4n) is 1.81. The van der Waals surface area contributed by atoms with Gasteiger partial charge in [0.2, 0.25) is 0 Å². The van der Waals surface area contributed by atoms with Gasteiger partial charge in [0.05, 0.1) is 5.60 Å². The van der Waals surface area contributed by atoms with Gasteiger partial charge >= 0.3 is 0 Å². The minimum absolute atomic E-state index is 0.430. The summed E-state index contributed by atoms with van der Waals surface area (Å²) in [6, 6.07) is 0. The molecule has 0 amide bonds. The molecule has 0 aromatic heterocycles. The Balaban J connectivity index is 0.000000424. The Hall–Kier alpha value is -0.480. The molecule has 1 fully saturated rings. The number of rotatable bonds is 1. The molecule has 1 N–H and O–H groups in total. The van der Waals surface area contributed by atoms with E-state index < -0.39 is 5.60 Å². The molecule has 1 rings (SSSR count). The minimum atomic E-state index is -0.430. The van der Waals surface area contributed by atoms with Gasteiger partial charge in [-0.05, 0) is 39.5 Å². The second-order valence-electron chi connectivity index (χ2n) is 4.28. The summed E-state index contributed by atoms with van der Waals surface area (Å²) < 4.78 is 0. The normalized spacial score (nSPS) is 18.4. The molecule has 1 aliphatic rings. The number of aliphatic hydroxyl groups is 1. The Morgan fingerprint density at radius 2 is 1.62 bits per heavy atom. The van der Waals surface area contributed by atoms with E-state index in [1.807, 2.05) is 13.8 Å². The van der Waals surface area contributed by atoms with Gasteiger partial charge < -0.3 is 5.11 Å². The molecule has 76 valence electrons. The van der Waals surface area contributed by atoms with E-state index in [1.54, 1.807) is 6.92 Å². The quantitative estimate of drug-likeness (QED) is 0.618. The first-order chi connectivity index (χ1) is 6.02. The monoisotopic (exact) mass is 182 g/mol. The largest absolute Gasteiger partial charge is 0.390 e. The highest BCUT2D eigenvalue weighted by Gasteiger charge is 2.27. The van der Waals surface area contributed by atoms with E-state index in [-0.39, 0.29) is 0 Å². The predicted octanol–water partition coefficient (Wildman–Crippen LogP) is 2.98. The number of hydrogen-bond donors (Lipinski definition) is 1. The fourth-order valence-corrected chi connectivity index (χ4v) is 1.81. The van der Waals surface area contributed by atoms with Crippen molar-refractivity contribution in [1.29, 1.82) is 0 Å².